The number of hydrogen-bond acceptors (Lipinski definition) is 4. The van der Waals surface area contributed by atoms with E-state index in [1.165, 1.54) is 7.11 Å². The Hall–Kier alpha value is -4.01. The molecular formula is C30H33NO4. The Morgan fingerprint density at radius 1 is 1.03 bits per heavy atom. The Balaban J connectivity index is 0.00000210. The van der Waals surface area contributed by atoms with Gasteiger partial charge in [0, 0.05) is 41.7 Å². The average molecular weight is 472 g/mol. The van der Waals surface area contributed by atoms with E-state index in [9.17, 15) is 4.79 Å². The third kappa shape index (κ3) is 7.49. The van der Waals surface area contributed by atoms with Gasteiger partial charge in [-0.1, -0.05) is 81.7 Å². The molecule has 5 nitrogen and oxygen atoms in total. The maximum Gasteiger partial charge on any atom is 0.342 e. The zero-order valence-corrected chi connectivity index (χ0v) is 21.1. The second kappa shape index (κ2) is 14.3. The van der Waals surface area contributed by atoms with Crippen LogP contribution in [0.15, 0.2) is 61.4 Å². The van der Waals surface area contributed by atoms with Crippen LogP contribution in [0.1, 0.15) is 66.7 Å². The lowest BCUT2D eigenvalue weighted by molar-refractivity contribution is -0.178. The molecule has 0 aliphatic carbocycles. The maximum atomic E-state index is 12.2. The fourth-order valence-electron chi connectivity index (χ4n) is 3.18. The zero-order chi connectivity index (χ0) is 25.6. The minimum absolute atomic E-state index is 0.274. The van der Waals surface area contributed by atoms with Crippen molar-refractivity contribution in [3.63, 3.8) is 0 Å². The van der Waals surface area contributed by atoms with Gasteiger partial charge in [-0.25, -0.2) is 4.79 Å². The van der Waals surface area contributed by atoms with Crippen molar-refractivity contribution in [1.29, 1.82) is 0 Å². The molecule has 0 saturated carbocycles. The number of carbonyl (C=O) groups is 1. The summed E-state index contributed by atoms with van der Waals surface area (Å²) >= 11 is 0. The first-order valence-electron chi connectivity index (χ1n) is 11.7. The highest BCUT2D eigenvalue weighted by atomic mass is 17.2. The van der Waals surface area contributed by atoms with E-state index >= 15 is 0 Å². The summed E-state index contributed by atoms with van der Waals surface area (Å²) in [5.41, 5.74) is 5.13. The molecule has 0 atom stereocenters. The number of ether oxygens (including phenoxy) is 1. The Kier molecular flexibility index (Phi) is 11.1. The lowest BCUT2D eigenvalue weighted by atomic mass is 10.1. The molecule has 0 aliphatic heterocycles. The normalized spacial score (nSPS) is 10.1. The highest BCUT2D eigenvalue weighted by Crippen LogP contribution is 2.26. The number of rotatable bonds is 8. The Bertz CT molecular complexity index is 1210. The zero-order valence-electron chi connectivity index (χ0n) is 21.1. The largest absolute Gasteiger partial charge is 0.462 e. The topological polar surface area (TPSA) is 49.7 Å². The summed E-state index contributed by atoms with van der Waals surface area (Å²) in [6.07, 6.45) is 10.6. The lowest BCUT2D eigenvalue weighted by Crippen LogP contribution is -2.08. The van der Waals surface area contributed by atoms with Gasteiger partial charge < -0.3 is 14.2 Å². The molecule has 1 aromatic heterocycles. The molecule has 0 saturated heterocycles. The van der Waals surface area contributed by atoms with Crippen LogP contribution >= 0.6 is 0 Å². The van der Waals surface area contributed by atoms with Crippen LogP contribution in [0, 0.1) is 11.8 Å². The first kappa shape index (κ1) is 27.2. The van der Waals surface area contributed by atoms with E-state index in [4.69, 9.17) is 14.5 Å². The summed E-state index contributed by atoms with van der Waals surface area (Å²) < 4.78 is 7.04. The van der Waals surface area contributed by atoms with Gasteiger partial charge in [0.25, 0.3) is 0 Å². The molecule has 0 aliphatic rings. The second-order valence-electron chi connectivity index (χ2n) is 7.04. The van der Waals surface area contributed by atoms with E-state index in [1.807, 2.05) is 86.3 Å². The summed E-state index contributed by atoms with van der Waals surface area (Å²) in [4.78, 5) is 22.3. The fourth-order valence-corrected chi connectivity index (χ4v) is 3.18. The van der Waals surface area contributed by atoms with E-state index in [-0.39, 0.29) is 12.4 Å². The molecule has 5 heteroatoms. The Morgan fingerprint density at radius 3 is 2.37 bits per heavy atom. The van der Waals surface area contributed by atoms with Crippen LogP contribution in [0.5, 0.6) is 5.75 Å². The lowest BCUT2D eigenvalue weighted by Gasteiger charge is -2.10. The third-order valence-corrected chi connectivity index (χ3v) is 4.82. The molecule has 2 aromatic carbocycles. The second-order valence-corrected chi connectivity index (χ2v) is 7.04. The average Bonchev–Trinajstić information content (AvgIpc) is 3.31. The van der Waals surface area contributed by atoms with Crippen LogP contribution in [-0.4, -0.2) is 24.3 Å². The molecule has 0 fully saturated rings. The molecule has 182 valence electrons. The predicted octanol–water partition coefficient (Wildman–Crippen LogP) is 7.20. The highest BCUT2D eigenvalue weighted by molar-refractivity contribution is 5.93. The van der Waals surface area contributed by atoms with Crippen molar-refractivity contribution in [2.24, 2.45) is 0 Å². The first-order valence-corrected chi connectivity index (χ1v) is 11.7. The van der Waals surface area contributed by atoms with E-state index in [2.05, 4.69) is 18.4 Å². The molecule has 35 heavy (non-hydrogen) atoms. The quantitative estimate of drug-likeness (QED) is 0.151. The van der Waals surface area contributed by atoms with Crippen molar-refractivity contribution in [2.75, 3.05) is 13.7 Å². The van der Waals surface area contributed by atoms with Crippen LogP contribution in [0.2, 0.25) is 0 Å². The van der Waals surface area contributed by atoms with Crippen molar-refractivity contribution >= 4 is 24.2 Å². The van der Waals surface area contributed by atoms with Gasteiger partial charge in [0.15, 0.2) is 5.75 Å². The molecule has 3 rings (SSSR count). The summed E-state index contributed by atoms with van der Waals surface area (Å²) in [6.45, 7) is 11.8. The van der Waals surface area contributed by atoms with Crippen molar-refractivity contribution < 1.29 is 19.3 Å². The minimum atomic E-state index is -0.468. The van der Waals surface area contributed by atoms with E-state index in [0.29, 0.717) is 5.56 Å². The minimum Gasteiger partial charge on any atom is -0.462 e. The molecule has 0 amide bonds. The molecule has 0 bridgehead atoms. The Morgan fingerprint density at radius 2 is 1.74 bits per heavy atom. The van der Waals surface area contributed by atoms with Crippen molar-refractivity contribution in [3.05, 3.63) is 89.3 Å². The highest BCUT2D eigenvalue weighted by Gasteiger charge is 2.16. The number of esters is 1. The molecule has 1 heterocycles. The van der Waals surface area contributed by atoms with Crippen molar-refractivity contribution in [2.45, 2.75) is 34.1 Å². The van der Waals surface area contributed by atoms with Gasteiger partial charge in [-0.3, -0.25) is 0 Å². The number of aromatic nitrogens is 1. The van der Waals surface area contributed by atoms with Crippen LogP contribution in [0.3, 0.4) is 0 Å². The molecule has 0 unspecified atom stereocenters. The fraction of sp³-hybridized carbons (Fsp3) is 0.233. The molecule has 3 aromatic rings. The van der Waals surface area contributed by atoms with Crippen LogP contribution in [0.25, 0.3) is 23.9 Å². The predicted molar refractivity (Wildman–Crippen MR) is 143 cm³/mol. The van der Waals surface area contributed by atoms with Gasteiger partial charge in [0.1, 0.15) is 5.56 Å². The van der Waals surface area contributed by atoms with Gasteiger partial charge in [-0.2, -0.15) is 4.89 Å². The molecule has 0 spiro atoms. The summed E-state index contributed by atoms with van der Waals surface area (Å²) in [6, 6.07) is 13.4. The van der Waals surface area contributed by atoms with Crippen LogP contribution in [0.4, 0.5) is 0 Å². The molecule has 0 radical (unpaired) electrons. The number of hydrogen-bond donors (Lipinski definition) is 0. The van der Waals surface area contributed by atoms with E-state index in [1.54, 1.807) is 19.1 Å². The van der Waals surface area contributed by atoms with Crippen LogP contribution in [-0.2, 0) is 9.62 Å². The smallest absolute Gasteiger partial charge is 0.342 e. The SMILES string of the molecule is C=Cc1ccc(/C=C/c2cn(-c3ccc(C(=O)OCC)c(OOC)c3)cc2C#CCC)cc1.CC. The van der Waals surface area contributed by atoms with Gasteiger partial charge in [0.2, 0.25) is 0 Å². The number of carbonyl (C=O) groups excluding carboxylic acids is 1. The number of nitrogens with zero attached hydrogens (tertiary/aromatic N) is 1. The van der Waals surface area contributed by atoms with Gasteiger partial charge in [-0.05, 0) is 30.2 Å². The van der Waals surface area contributed by atoms with E-state index < -0.39 is 5.97 Å². The van der Waals surface area contributed by atoms with Crippen molar-refractivity contribution in [1.82, 2.24) is 4.57 Å². The van der Waals surface area contributed by atoms with E-state index in [0.717, 1.165) is 34.4 Å². The summed E-state index contributed by atoms with van der Waals surface area (Å²) in [5.74, 6) is 6.18. The Labute approximate surface area is 208 Å². The summed E-state index contributed by atoms with van der Waals surface area (Å²) in [7, 11) is 1.39. The summed E-state index contributed by atoms with van der Waals surface area (Å²) in [5, 5.41) is 0. The van der Waals surface area contributed by atoms with Gasteiger partial charge >= 0.3 is 5.97 Å². The first-order chi connectivity index (χ1) is 17.1. The van der Waals surface area contributed by atoms with Gasteiger partial charge in [0.05, 0.1) is 13.7 Å². The van der Waals surface area contributed by atoms with Crippen molar-refractivity contribution in [3.8, 4) is 23.3 Å². The van der Waals surface area contributed by atoms with Gasteiger partial charge in [-0.15, -0.1) is 0 Å². The standard InChI is InChI=1S/C28H27NO4.C2H6/c1-5-8-9-23-19-29(20-24(23)15-14-22-12-10-21(6-2)11-13-22)25-16-17-26(28(30)32-7-3)27(18-25)33-31-4;1-2/h6,10-20H,2,5,7H2,1,3-4H3;1-2H3/b15-14+;. The molecular weight excluding hydrogens is 438 g/mol. The molecule has 0 N–H and O–H groups in total. The maximum absolute atomic E-state index is 12.2. The third-order valence-electron chi connectivity index (χ3n) is 4.82. The number of benzene rings is 2. The monoisotopic (exact) mass is 471 g/mol. The van der Waals surface area contributed by atoms with Crippen LogP contribution < -0.4 is 4.89 Å².